The molecule has 0 radical (unpaired) electrons. The molecule has 4 amide bonds. The lowest BCUT2D eigenvalue weighted by atomic mass is 10.1. The SMILES string of the molecule is Cc1cc(C)cc(COc2ccc(/C=C3\C(=O)NC(=O)N(c4ccccc4)C3=O)cc2)c1. The molecule has 4 rings (SSSR count). The lowest BCUT2D eigenvalue weighted by molar-refractivity contribution is -0.122. The number of ether oxygens (including phenoxy) is 1. The number of aryl methyl sites for hydroxylation is 2. The molecule has 1 aliphatic rings. The predicted molar refractivity (Wildman–Crippen MR) is 122 cm³/mol. The number of para-hydroxylation sites is 1. The van der Waals surface area contributed by atoms with E-state index in [-0.39, 0.29) is 5.57 Å². The van der Waals surface area contributed by atoms with Crippen molar-refractivity contribution in [2.45, 2.75) is 20.5 Å². The first-order valence-electron chi connectivity index (χ1n) is 10.2. The average Bonchev–Trinajstić information content (AvgIpc) is 2.76. The van der Waals surface area contributed by atoms with Crippen LogP contribution in [0.2, 0.25) is 0 Å². The van der Waals surface area contributed by atoms with Gasteiger partial charge in [0.15, 0.2) is 0 Å². The van der Waals surface area contributed by atoms with Crippen molar-refractivity contribution < 1.29 is 19.1 Å². The highest BCUT2D eigenvalue weighted by atomic mass is 16.5. The molecule has 3 aromatic rings. The van der Waals surface area contributed by atoms with Crippen molar-refractivity contribution >= 4 is 29.6 Å². The molecular weight excluding hydrogens is 404 g/mol. The van der Waals surface area contributed by atoms with Gasteiger partial charge in [-0.1, -0.05) is 59.7 Å². The van der Waals surface area contributed by atoms with Crippen LogP contribution in [0.1, 0.15) is 22.3 Å². The van der Waals surface area contributed by atoms with Gasteiger partial charge in [0.05, 0.1) is 5.69 Å². The summed E-state index contributed by atoms with van der Waals surface area (Å²) in [4.78, 5) is 38.4. The first kappa shape index (κ1) is 21.1. The summed E-state index contributed by atoms with van der Waals surface area (Å²) in [6.07, 6.45) is 1.47. The van der Waals surface area contributed by atoms with E-state index in [9.17, 15) is 14.4 Å². The fraction of sp³-hybridized carbons (Fsp3) is 0.115. The van der Waals surface area contributed by atoms with Crippen LogP contribution in [0, 0.1) is 13.8 Å². The zero-order valence-electron chi connectivity index (χ0n) is 17.8. The van der Waals surface area contributed by atoms with Crippen molar-refractivity contribution in [2.24, 2.45) is 0 Å². The van der Waals surface area contributed by atoms with E-state index < -0.39 is 17.8 Å². The van der Waals surface area contributed by atoms with E-state index in [1.165, 1.54) is 17.2 Å². The second-order valence-electron chi connectivity index (χ2n) is 7.65. The van der Waals surface area contributed by atoms with Gasteiger partial charge in [-0.2, -0.15) is 0 Å². The van der Waals surface area contributed by atoms with Crippen molar-refractivity contribution in [1.29, 1.82) is 0 Å². The Morgan fingerprint density at radius 1 is 0.875 bits per heavy atom. The molecule has 1 N–H and O–H groups in total. The molecule has 1 aliphatic heterocycles. The zero-order valence-corrected chi connectivity index (χ0v) is 17.8. The maximum absolute atomic E-state index is 12.9. The van der Waals surface area contributed by atoms with Gasteiger partial charge < -0.3 is 4.74 Å². The summed E-state index contributed by atoms with van der Waals surface area (Å²) >= 11 is 0. The Labute approximate surface area is 186 Å². The van der Waals surface area contributed by atoms with Crippen molar-refractivity contribution in [3.63, 3.8) is 0 Å². The second-order valence-corrected chi connectivity index (χ2v) is 7.65. The van der Waals surface area contributed by atoms with Crippen molar-refractivity contribution in [1.82, 2.24) is 5.32 Å². The Hall–Kier alpha value is -4.19. The number of rotatable bonds is 5. The van der Waals surface area contributed by atoms with Gasteiger partial charge in [0.25, 0.3) is 11.8 Å². The highest BCUT2D eigenvalue weighted by Crippen LogP contribution is 2.22. The molecule has 6 heteroatoms. The Morgan fingerprint density at radius 2 is 1.53 bits per heavy atom. The second kappa shape index (κ2) is 8.89. The van der Waals surface area contributed by atoms with Crippen LogP contribution in [0.15, 0.2) is 78.4 Å². The van der Waals surface area contributed by atoms with Crippen LogP contribution in [0.5, 0.6) is 5.75 Å². The van der Waals surface area contributed by atoms with Crippen molar-refractivity contribution in [3.05, 3.63) is 101 Å². The van der Waals surface area contributed by atoms with Crippen molar-refractivity contribution in [3.8, 4) is 5.75 Å². The fourth-order valence-electron chi connectivity index (χ4n) is 3.61. The van der Waals surface area contributed by atoms with Crippen molar-refractivity contribution in [2.75, 3.05) is 4.90 Å². The van der Waals surface area contributed by atoms with E-state index in [0.717, 1.165) is 10.5 Å². The number of benzene rings is 3. The normalized spacial score (nSPS) is 15.1. The van der Waals surface area contributed by atoms with Crippen LogP contribution in [0.3, 0.4) is 0 Å². The number of carbonyl (C=O) groups is 3. The lowest BCUT2D eigenvalue weighted by Gasteiger charge is -2.26. The minimum Gasteiger partial charge on any atom is -0.489 e. The van der Waals surface area contributed by atoms with Gasteiger partial charge >= 0.3 is 6.03 Å². The molecule has 3 aromatic carbocycles. The molecule has 0 bridgehead atoms. The van der Waals surface area contributed by atoms with Crippen LogP contribution in [-0.4, -0.2) is 17.8 Å². The van der Waals surface area contributed by atoms with Crippen LogP contribution in [-0.2, 0) is 16.2 Å². The number of nitrogens with zero attached hydrogens (tertiary/aromatic N) is 1. The summed E-state index contributed by atoms with van der Waals surface area (Å²) in [5.41, 5.74) is 4.38. The average molecular weight is 426 g/mol. The van der Waals surface area contributed by atoms with Gasteiger partial charge in [-0.05, 0) is 55.3 Å². The number of nitrogens with one attached hydrogen (secondary N) is 1. The summed E-state index contributed by atoms with van der Waals surface area (Å²) in [7, 11) is 0. The predicted octanol–water partition coefficient (Wildman–Crippen LogP) is 4.55. The molecule has 0 saturated carbocycles. The molecular formula is C26H22N2O4. The molecule has 160 valence electrons. The molecule has 0 unspecified atom stereocenters. The molecule has 1 fully saturated rings. The number of carbonyl (C=O) groups excluding carboxylic acids is 3. The maximum Gasteiger partial charge on any atom is 0.335 e. The van der Waals surface area contributed by atoms with Crippen LogP contribution >= 0.6 is 0 Å². The standard InChI is InChI=1S/C26H22N2O4/c1-17-12-18(2)14-20(13-17)16-32-22-10-8-19(9-11-22)15-23-24(29)27-26(31)28(25(23)30)21-6-4-3-5-7-21/h3-15H,16H2,1-2H3,(H,27,29,31)/b23-15+. The number of imide groups is 2. The van der Waals surface area contributed by atoms with Gasteiger partial charge in [-0.25, -0.2) is 9.69 Å². The third-order valence-electron chi connectivity index (χ3n) is 4.99. The lowest BCUT2D eigenvalue weighted by Crippen LogP contribution is -2.54. The number of amides is 4. The fourth-order valence-corrected chi connectivity index (χ4v) is 3.61. The van der Waals surface area contributed by atoms with E-state index >= 15 is 0 Å². The smallest absolute Gasteiger partial charge is 0.335 e. The Morgan fingerprint density at radius 3 is 2.19 bits per heavy atom. The summed E-state index contributed by atoms with van der Waals surface area (Å²) in [6.45, 7) is 4.54. The quantitative estimate of drug-likeness (QED) is 0.480. The monoisotopic (exact) mass is 426 g/mol. The number of hydrogen-bond acceptors (Lipinski definition) is 4. The van der Waals surface area contributed by atoms with Gasteiger partial charge in [-0.15, -0.1) is 0 Å². The van der Waals surface area contributed by atoms with E-state index in [1.807, 2.05) is 13.8 Å². The van der Waals surface area contributed by atoms with E-state index in [2.05, 4.69) is 23.5 Å². The molecule has 0 atom stereocenters. The summed E-state index contributed by atoms with van der Waals surface area (Å²) in [5, 5.41) is 2.22. The van der Waals surface area contributed by atoms with Crippen LogP contribution in [0.4, 0.5) is 10.5 Å². The number of urea groups is 1. The van der Waals surface area contributed by atoms with Crippen LogP contribution < -0.4 is 15.0 Å². The highest BCUT2D eigenvalue weighted by molar-refractivity contribution is 6.39. The van der Waals surface area contributed by atoms with Gasteiger partial charge in [0, 0.05) is 0 Å². The largest absolute Gasteiger partial charge is 0.489 e. The first-order valence-corrected chi connectivity index (χ1v) is 10.2. The Balaban J connectivity index is 1.50. The number of anilines is 1. The molecule has 0 aromatic heterocycles. The minimum atomic E-state index is -0.765. The van der Waals surface area contributed by atoms with E-state index in [4.69, 9.17) is 4.74 Å². The summed E-state index contributed by atoms with van der Waals surface area (Å²) in [5.74, 6) is -0.714. The van der Waals surface area contributed by atoms with Crippen LogP contribution in [0.25, 0.3) is 6.08 Å². The highest BCUT2D eigenvalue weighted by Gasteiger charge is 2.36. The molecule has 0 aliphatic carbocycles. The van der Waals surface area contributed by atoms with Gasteiger partial charge in [-0.3, -0.25) is 14.9 Å². The summed E-state index contributed by atoms with van der Waals surface area (Å²) < 4.78 is 5.86. The third-order valence-corrected chi connectivity index (χ3v) is 4.99. The zero-order chi connectivity index (χ0) is 22.7. The van der Waals surface area contributed by atoms with E-state index in [0.29, 0.717) is 23.6 Å². The molecule has 1 saturated heterocycles. The Kier molecular flexibility index (Phi) is 5.85. The third kappa shape index (κ3) is 4.59. The van der Waals surface area contributed by atoms with E-state index in [1.54, 1.807) is 54.6 Å². The molecule has 1 heterocycles. The Bertz CT molecular complexity index is 1190. The minimum absolute atomic E-state index is 0.114. The molecule has 6 nitrogen and oxygen atoms in total. The summed E-state index contributed by atoms with van der Waals surface area (Å²) in [6, 6.07) is 21.1. The maximum atomic E-state index is 12.9. The van der Waals surface area contributed by atoms with Gasteiger partial charge in [0.2, 0.25) is 0 Å². The van der Waals surface area contributed by atoms with Gasteiger partial charge in [0.1, 0.15) is 17.9 Å². The molecule has 32 heavy (non-hydrogen) atoms. The number of barbiturate groups is 1. The first-order chi connectivity index (χ1) is 15.4. The number of hydrogen-bond donors (Lipinski definition) is 1. The molecule has 0 spiro atoms. The topological polar surface area (TPSA) is 75.7 Å².